The fraction of sp³-hybridized carbons (Fsp3) is 1.00. The number of hydrogen-bond donors (Lipinski definition) is 0. The highest BCUT2D eigenvalue weighted by atomic mass is 14.7. The molecule has 0 unspecified atom stereocenters. The first-order valence-electron chi connectivity index (χ1n) is 5.91. The molecule has 15 heavy (non-hydrogen) atoms. The summed E-state index contributed by atoms with van der Waals surface area (Å²) >= 11 is 0. The van der Waals surface area contributed by atoms with Crippen LogP contribution in [0.5, 0.6) is 0 Å². The van der Waals surface area contributed by atoms with Crippen molar-refractivity contribution in [1.29, 1.82) is 0 Å². The van der Waals surface area contributed by atoms with Crippen molar-refractivity contribution in [3.05, 3.63) is 0 Å². The number of rotatable bonds is 0. The summed E-state index contributed by atoms with van der Waals surface area (Å²) < 4.78 is 0. The van der Waals surface area contributed by atoms with Crippen LogP contribution in [0.3, 0.4) is 0 Å². The van der Waals surface area contributed by atoms with E-state index in [0.29, 0.717) is 0 Å². The second kappa shape index (κ2) is 4.47. The van der Waals surface area contributed by atoms with Crippen LogP contribution in [0.1, 0.15) is 74.7 Å². The molecule has 0 heterocycles. The normalized spacial score (nSPS) is 48.8. The molecule has 0 aromatic carbocycles. The molecular weight excluding hydrogens is 180 g/mol. The van der Waals surface area contributed by atoms with Crippen molar-refractivity contribution in [2.75, 3.05) is 0 Å². The van der Waals surface area contributed by atoms with E-state index in [2.05, 4.69) is 27.7 Å². The van der Waals surface area contributed by atoms with Gasteiger partial charge in [-0.3, -0.25) is 0 Å². The maximum atomic E-state index is 2.40. The number of hydrogen-bond acceptors (Lipinski definition) is 0. The van der Waals surface area contributed by atoms with Gasteiger partial charge in [0.1, 0.15) is 0 Å². The molecule has 0 aromatic heterocycles. The molecule has 0 aliphatic heterocycles. The molecule has 4 aliphatic rings. The topological polar surface area (TPSA) is 0 Å². The van der Waals surface area contributed by atoms with Crippen molar-refractivity contribution >= 4 is 0 Å². The van der Waals surface area contributed by atoms with E-state index in [-0.39, 0.29) is 14.9 Å². The van der Waals surface area contributed by atoms with E-state index in [4.69, 9.17) is 0 Å². The quantitative estimate of drug-likeness (QED) is 0.496. The third-order valence-electron chi connectivity index (χ3n) is 4.17. The highest BCUT2D eigenvalue weighted by Crippen LogP contribution is 2.72. The van der Waals surface area contributed by atoms with Crippen LogP contribution in [0.25, 0.3) is 0 Å². The van der Waals surface area contributed by atoms with E-state index < -0.39 is 0 Å². The van der Waals surface area contributed by atoms with E-state index >= 15 is 0 Å². The Balaban J connectivity index is 0.000000233. The fourth-order valence-corrected chi connectivity index (χ4v) is 4.24. The van der Waals surface area contributed by atoms with Gasteiger partial charge in [0, 0.05) is 0 Å². The van der Waals surface area contributed by atoms with Gasteiger partial charge >= 0.3 is 0 Å². The van der Waals surface area contributed by atoms with Gasteiger partial charge in [-0.1, -0.05) is 42.5 Å². The van der Waals surface area contributed by atoms with Gasteiger partial charge in [-0.2, -0.15) is 0 Å². The summed E-state index contributed by atoms with van der Waals surface area (Å²) in [6.07, 6.45) is 7.49. The second-order valence-electron chi connectivity index (χ2n) is 6.83. The zero-order chi connectivity index (χ0) is 9.69. The predicted molar refractivity (Wildman–Crippen MR) is 71.1 cm³/mol. The first-order chi connectivity index (χ1) is 5.91. The van der Waals surface area contributed by atoms with Gasteiger partial charge in [0.25, 0.3) is 0 Å². The minimum atomic E-state index is 0. The van der Waals surface area contributed by atoms with Crippen LogP contribution in [-0.2, 0) is 0 Å². The summed E-state index contributed by atoms with van der Waals surface area (Å²) in [5, 5.41) is 0. The third-order valence-corrected chi connectivity index (χ3v) is 4.17. The Morgan fingerprint density at radius 2 is 1.00 bits per heavy atom. The second-order valence-corrected chi connectivity index (χ2v) is 6.83. The summed E-state index contributed by atoms with van der Waals surface area (Å²) in [5.74, 6) is 2.08. The Bertz CT molecular complexity index is 160. The van der Waals surface area contributed by atoms with E-state index in [0.717, 1.165) is 22.7 Å². The average Bonchev–Trinajstić information content (AvgIpc) is 1.81. The largest absolute Gasteiger partial charge is 0.0776 e. The minimum Gasteiger partial charge on any atom is -0.0776 e. The van der Waals surface area contributed by atoms with Crippen molar-refractivity contribution in [3.8, 4) is 0 Å². The summed E-state index contributed by atoms with van der Waals surface area (Å²) in [6.45, 7) is 9.44. The Morgan fingerprint density at radius 3 is 1.00 bits per heavy atom. The van der Waals surface area contributed by atoms with Crippen molar-refractivity contribution < 1.29 is 0 Å². The van der Waals surface area contributed by atoms with Crippen LogP contribution >= 0.6 is 0 Å². The lowest BCUT2D eigenvalue weighted by Gasteiger charge is -2.68. The molecule has 2 bridgehead atoms. The summed E-state index contributed by atoms with van der Waals surface area (Å²) in [4.78, 5) is 0. The highest BCUT2D eigenvalue weighted by molar-refractivity contribution is 5.12. The van der Waals surface area contributed by atoms with Crippen molar-refractivity contribution in [2.45, 2.75) is 74.7 Å². The molecule has 4 fully saturated rings. The van der Waals surface area contributed by atoms with Gasteiger partial charge < -0.3 is 0 Å². The molecule has 4 aliphatic carbocycles. The van der Waals surface area contributed by atoms with Crippen molar-refractivity contribution in [1.82, 2.24) is 0 Å². The molecule has 0 amide bonds. The van der Waals surface area contributed by atoms with Gasteiger partial charge in [-0.05, 0) is 54.8 Å². The molecule has 0 nitrogen and oxygen atoms in total. The molecule has 4 saturated carbocycles. The molecule has 4 rings (SSSR count). The van der Waals surface area contributed by atoms with Crippen LogP contribution < -0.4 is 0 Å². The standard InChI is InChI=1S/C7H12.C6H12.2CH4/c1-6-3-7(2,4-6)5-6;1-5-3-6(2)4-5;;/h3-5H2,1-2H3;5-6H,3-4H2,1-2H3;2*1H4. The van der Waals surface area contributed by atoms with E-state index in [1.165, 1.54) is 32.1 Å². The van der Waals surface area contributed by atoms with E-state index in [1.807, 2.05) is 0 Å². The zero-order valence-electron chi connectivity index (χ0n) is 9.69. The maximum absolute atomic E-state index is 2.40. The van der Waals surface area contributed by atoms with Gasteiger partial charge in [0.05, 0.1) is 0 Å². The first kappa shape index (κ1) is 15.0. The van der Waals surface area contributed by atoms with Gasteiger partial charge in [-0.25, -0.2) is 0 Å². The third kappa shape index (κ3) is 2.98. The lowest BCUT2D eigenvalue weighted by molar-refractivity contribution is -0.176. The van der Waals surface area contributed by atoms with Gasteiger partial charge in [0.2, 0.25) is 0 Å². The molecule has 0 N–H and O–H groups in total. The van der Waals surface area contributed by atoms with E-state index in [9.17, 15) is 0 Å². The lowest BCUT2D eigenvalue weighted by atomic mass is 9.37. The molecule has 0 saturated heterocycles. The van der Waals surface area contributed by atoms with Gasteiger partial charge in [0.15, 0.2) is 0 Å². The Kier molecular flexibility index (Phi) is 4.47. The molecule has 0 atom stereocenters. The summed E-state index contributed by atoms with van der Waals surface area (Å²) in [7, 11) is 0. The maximum Gasteiger partial charge on any atom is -0.0310 e. The molecule has 92 valence electrons. The SMILES string of the molecule is C.C.CC12CC(C)(C1)C2.CC1CC(C)C1. The monoisotopic (exact) mass is 212 g/mol. The fourth-order valence-electron chi connectivity index (χ4n) is 4.24. The van der Waals surface area contributed by atoms with Crippen LogP contribution in [0.4, 0.5) is 0 Å². The molecular formula is C15H32. The lowest BCUT2D eigenvalue weighted by Crippen LogP contribution is -2.57. The Labute approximate surface area is 97.8 Å². The molecule has 0 radical (unpaired) electrons. The zero-order valence-corrected chi connectivity index (χ0v) is 9.69. The van der Waals surface area contributed by atoms with Crippen LogP contribution in [0.15, 0.2) is 0 Å². The van der Waals surface area contributed by atoms with E-state index in [1.54, 1.807) is 0 Å². The van der Waals surface area contributed by atoms with Crippen LogP contribution in [0.2, 0.25) is 0 Å². The molecule has 0 aromatic rings. The smallest absolute Gasteiger partial charge is 0.0310 e. The summed E-state index contributed by atoms with van der Waals surface area (Å²) in [6, 6.07) is 0. The summed E-state index contributed by atoms with van der Waals surface area (Å²) in [5.41, 5.74) is 1.66. The van der Waals surface area contributed by atoms with Crippen LogP contribution in [0, 0.1) is 22.7 Å². The predicted octanol–water partition coefficient (Wildman–Crippen LogP) is 5.52. The van der Waals surface area contributed by atoms with Crippen LogP contribution in [-0.4, -0.2) is 0 Å². The highest BCUT2D eigenvalue weighted by Gasteiger charge is 2.61. The van der Waals surface area contributed by atoms with Gasteiger partial charge in [-0.15, -0.1) is 0 Å². The van der Waals surface area contributed by atoms with Crippen molar-refractivity contribution in [2.24, 2.45) is 22.7 Å². The first-order valence-corrected chi connectivity index (χ1v) is 5.91. The Hall–Kier alpha value is 0. The van der Waals surface area contributed by atoms with Crippen molar-refractivity contribution in [3.63, 3.8) is 0 Å². The molecule has 0 heteroatoms. The average molecular weight is 212 g/mol. The Morgan fingerprint density at radius 1 is 0.733 bits per heavy atom. The minimum absolute atomic E-state index is 0. The molecule has 0 spiro atoms.